The number of benzene rings is 1. The van der Waals surface area contributed by atoms with Gasteiger partial charge in [-0.3, -0.25) is 0 Å². The fourth-order valence-corrected chi connectivity index (χ4v) is 5.35. The van der Waals surface area contributed by atoms with Gasteiger partial charge in [0.05, 0.1) is 10.0 Å². The van der Waals surface area contributed by atoms with Crippen molar-refractivity contribution in [1.29, 1.82) is 0 Å². The Morgan fingerprint density at radius 3 is 2.57 bits per heavy atom. The maximum absolute atomic E-state index is 12.6. The van der Waals surface area contributed by atoms with Crippen LogP contribution in [0, 0.1) is 0 Å². The molecule has 1 aromatic heterocycles. The molecule has 0 N–H and O–H groups in total. The second kappa shape index (κ2) is 6.04. The largest absolute Gasteiger partial charge is 0.249 e. The van der Waals surface area contributed by atoms with Crippen molar-refractivity contribution < 1.29 is 8.42 Å². The summed E-state index contributed by atoms with van der Waals surface area (Å²) >= 11 is 7.66. The third-order valence-electron chi connectivity index (χ3n) is 3.71. The molecule has 4 nitrogen and oxygen atoms in total. The van der Waals surface area contributed by atoms with E-state index in [9.17, 15) is 8.42 Å². The molecule has 2 heterocycles. The minimum Gasteiger partial charge on any atom is -0.249 e. The van der Waals surface area contributed by atoms with Crippen LogP contribution in [0.2, 0.25) is 5.02 Å². The maximum atomic E-state index is 12.6. The van der Waals surface area contributed by atoms with E-state index in [1.165, 1.54) is 4.31 Å². The second-order valence-electron chi connectivity index (χ2n) is 4.98. The maximum Gasteiger partial charge on any atom is 0.244 e. The predicted octanol–water partition coefficient (Wildman–Crippen LogP) is 3.36. The topological polar surface area (TPSA) is 50.3 Å². The molecule has 0 radical (unpaired) electrons. The SMILES string of the molecule is O=S(=O)(c1ccccc1Cl)N1CCC(c2nccs2)CC1. The van der Waals surface area contributed by atoms with Gasteiger partial charge in [-0.2, -0.15) is 4.31 Å². The summed E-state index contributed by atoms with van der Waals surface area (Å²) in [4.78, 5) is 4.52. The van der Waals surface area contributed by atoms with Crippen molar-refractivity contribution in [3.05, 3.63) is 45.9 Å². The fraction of sp³-hybridized carbons (Fsp3) is 0.357. The van der Waals surface area contributed by atoms with Crippen molar-refractivity contribution in [2.24, 2.45) is 0 Å². The molecule has 1 aliphatic heterocycles. The average molecular weight is 343 g/mol. The van der Waals surface area contributed by atoms with Crippen molar-refractivity contribution in [3.63, 3.8) is 0 Å². The Morgan fingerprint density at radius 1 is 1.24 bits per heavy atom. The van der Waals surface area contributed by atoms with E-state index in [4.69, 9.17) is 11.6 Å². The fourth-order valence-electron chi connectivity index (χ4n) is 2.57. The Labute approximate surface area is 133 Å². The van der Waals surface area contributed by atoms with Gasteiger partial charge in [0.25, 0.3) is 0 Å². The van der Waals surface area contributed by atoms with Gasteiger partial charge in [0.1, 0.15) is 4.90 Å². The molecule has 1 aliphatic rings. The second-order valence-corrected chi connectivity index (χ2v) is 8.22. The first-order chi connectivity index (χ1) is 10.1. The number of nitrogens with zero attached hydrogens (tertiary/aromatic N) is 2. The van der Waals surface area contributed by atoms with Crippen LogP contribution in [0.25, 0.3) is 0 Å². The highest BCUT2D eigenvalue weighted by atomic mass is 35.5. The summed E-state index contributed by atoms with van der Waals surface area (Å²) < 4.78 is 26.8. The highest BCUT2D eigenvalue weighted by Gasteiger charge is 2.31. The Kier molecular flexibility index (Phi) is 4.31. The van der Waals surface area contributed by atoms with Gasteiger partial charge in [-0.05, 0) is 25.0 Å². The van der Waals surface area contributed by atoms with E-state index in [2.05, 4.69) is 4.98 Å². The Balaban J connectivity index is 1.76. The number of halogens is 1. The minimum absolute atomic E-state index is 0.194. The van der Waals surface area contributed by atoms with Crippen molar-refractivity contribution in [1.82, 2.24) is 9.29 Å². The molecule has 1 fully saturated rings. The third kappa shape index (κ3) is 2.99. The number of piperidine rings is 1. The summed E-state index contributed by atoms with van der Waals surface area (Å²) in [6, 6.07) is 6.60. The van der Waals surface area contributed by atoms with Crippen LogP contribution >= 0.6 is 22.9 Å². The van der Waals surface area contributed by atoms with E-state index in [-0.39, 0.29) is 9.92 Å². The van der Waals surface area contributed by atoms with E-state index in [0.717, 1.165) is 17.8 Å². The van der Waals surface area contributed by atoms with Gasteiger partial charge in [-0.25, -0.2) is 13.4 Å². The molecule has 0 aliphatic carbocycles. The van der Waals surface area contributed by atoms with Crippen molar-refractivity contribution in [2.75, 3.05) is 13.1 Å². The molecule has 1 aromatic carbocycles. The summed E-state index contributed by atoms with van der Waals surface area (Å²) in [6.45, 7) is 1.02. The molecule has 7 heteroatoms. The van der Waals surface area contributed by atoms with Crippen molar-refractivity contribution >= 4 is 33.0 Å². The molecule has 0 saturated carbocycles. The van der Waals surface area contributed by atoms with E-state index in [0.29, 0.717) is 19.0 Å². The number of hydrogen-bond acceptors (Lipinski definition) is 4. The molecule has 0 atom stereocenters. The zero-order valence-electron chi connectivity index (χ0n) is 11.3. The molecule has 0 bridgehead atoms. The van der Waals surface area contributed by atoms with Crippen molar-refractivity contribution in [2.45, 2.75) is 23.7 Å². The summed E-state index contributed by atoms with van der Waals surface area (Å²) in [6.07, 6.45) is 3.40. The third-order valence-corrected chi connectivity index (χ3v) is 7.05. The average Bonchev–Trinajstić information content (AvgIpc) is 3.02. The molecule has 2 aromatic rings. The lowest BCUT2D eigenvalue weighted by Crippen LogP contribution is -2.38. The molecule has 0 spiro atoms. The van der Waals surface area contributed by atoms with Crippen LogP contribution in [0.4, 0.5) is 0 Å². The zero-order valence-corrected chi connectivity index (χ0v) is 13.7. The van der Waals surface area contributed by atoms with Crippen LogP contribution in [0.1, 0.15) is 23.8 Å². The lowest BCUT2D eigenvalue weighted by molar-refractivity contribution is 0.319. The number of rotatable bonds is 3. The monoisotopic (exact) mass is 342 g/mol. The molecular formula is C14H15ClN2O2S2. The number of aromatic nitrogens is 1. The number of hydrogen-bond donors (Lipinski definition) is 0. The molecule has 3 rings (SSSR count). The molecular weight excluding hydrogens is 328 g/mol. The van der Waals surface area contributed by atoms with Crippen LogP contribution in [0.3, 0.4) is 0 Å². The van der Waals surface area contributed by atoms with Gasteiger partial charge in [-0.1, -0.05) is 23.7 Å². The first-order valence-electron chi connectivity index (χ1n) is 6.73. The van der Waals surface area contributed by atoms with Gasteiger partial charge in [0.2, 0.25) is 10.0 Å². The normalized spacial score (nSPS) is 18.0. The highest BCUT2D eigenvalue weighted by Crippen LogP contribution is 2.32. The quantitative estimate of drug-likeness (QED) is 0.859. The summed E-state index contributed by atoms with van der Waals surface area (Å²) in [5.41, 5.74) is 0. The Morgan fingerprint density at radius 2 is 1.95 bits per heavy atom. The summed E-state index contributed by atoms with van der Waals surface area (Å²) in [5, 5.41) is 3.34. The first kappa shape index (κ1) is 15.0. The van der Waals surface area contributed by atoms with Gasteiger partial charge >= 0.3 is 0 Å². The Hall–Kier alpha value is -0.950. The van der Waals surface area contributed by atoms with E-state index >= 15 is 0 Å². The molecule has 0 amide bonds. The first-order valence-corrected chi connectivity index (χ1v) is 9.43. The lowest BCUT2D eigenvalue weighted by atomic mass is 9.99. The number of thiazole rings is 1. The van der Waals surface area contributed by atoms with E-state index < -0.39 is 10.0 Å². The summed E-state index contributed by atoms with van der Waals surface area (Å²) in [5.74, 6) is 0.364. The zero-order chi connectivity index (χ0) is 14.9. The molecule has 0 unspecified atom stereocenters. The molecule has 112 valence electrons. The van der Waals surface area contributed by atoms with Gasteiger partial charge < -0.3 is 0 Å². The van der Waals surface area contributed by atoms with Gasteiger partial charge in [-0.15, -0.1) is 11.3 Å². The van der Waals surface area contributed by atoms with Crippen LogP contribution in [0.15, 0.2) is 40.7 Å². The van der Waals surface area contributed by atoms with Gasteiger partial charge in [0, 0.05) is 30.6 Å². The van der Waals surface area contributed by atoms with Crippen LogP contribution in [-0.2, 0) is 10.0 Å². The van der Waals surface area contributed by atoms with E-state index in [1.807, 2.05) is 5.38 Å². The predicted molar refractivity (Wildman–Crippen MR) is 84.3 cm³/mol. The van der Waals surface area contributed by atoms with Crippen molar-refractivity contribution in [3.8, 4) is 0 Å². The van der Waals surface area contributed by atoms with Crippen LogP contribution in [-0.4, -0.2) is 30.8 Å². The minimum atomic E-state index is -3.50. The lowest BCUT2D eigenvalue weighted by Gasteiger charge is -2.30. The van der Waals surface area contributed by atoms with Gasteiger partial charge in [0.15, 0.2) is 0 Å². The van der Waals surface area contributed by atoms with Crippen LogP contribution < -0.4 is 0 Å². The Bertz CT molecular complexity index is 708. The highest BCUT2D eigenvalue weighted by molar-refractivity contribution is 7.89. The molecule has 1 saturated heterocycles. The smallest absolute Gasteiger partial charge is 0.244 e. The van der Waals surface area contributed by atoms with E-state index in [1.54, 1.807) is 41.8 Å². The number of sulfonamides is 1. The standard InChI is InChI=1S/C14H15ClN2O2S2/c15-12-3-1-2-4-13(12)21(18,19)17-8-5-11(6-9-17)14-16-7-10-20-14/h1-4,7,10-11H,5-6,8-9H2. The summed E-state index contributed by atoms with van der Waals surface area (Å²) in [7, 11) is -3.50. The van der Waals surface area contributed by atoms with Crippen LogP contribution in [0.5, 0.6) is 0 Å². The molecule has 21 heavy (non-hydrogen) atoms.